The molecule has 0 saturated carbocycles. The number of nitrogens with zero attached hydrogens (tertiary/aromatic N) is 3. The van der Waals surface area contributed by atoms with Gasteiger partial charge in [0, 0.05) is 50.3 Å². The molecule has 62 heavy (non-hydrogen) atoms. The first-order chi connectivity index (χ1) is 28.3. The Morgan fingerprint density at radius 3 is 1.79 bits per heavy atom. The van der Waals surface area contributed by atoms with Crippen LogP contribution in [0.5, 0.6) is 0 Å². The molecule has 4 atom stereocenters. The maximum Gasteiger partial charge on any atom is 0.410 e. The second-order valence-electron chi connectivity index (χ2n) is 19.7. The number of carbonyl (C=O) groups excluding carboxylic acids is 8. The third kappa shape index (κ3) is 15.1. The number of nitrogens with one attached hydrogen (secondary N) is 3. The van der Waals surface area contributed by atoms with Crippen molar-refractivity contribution < 1.29 is 47.8 Å². The third-order valence-corrected chi connectivity index (χ3v) is 10.1. The zero-order valence-corrected chi connectivity index (χ0v) is 39.6. The summed E-state index contributed by atoms with van der Waals surface area (Å²) >= 11 is 0. The van der Waals surface area contributed by atoms with Crippen molar-refractivity contribution in [3.05, 3.63) is 59.7 Å². The number of benzene rings is 1. The number of imide groups is 1. The SMILES string of the molecule is C/C(=C\[C@H](C(C)C)N(C)C(=O)[C@@H](NC(=O)[C@@H](N(C)C(=O)OC(C)(C)C)C(C)(C)c1ccccc1)C(C)(C)C)C(=O)N[C@H](CC(=O)NCCN1C(=O)C=CC1=O)C(=O)OC(C)(C)C. The molecule has 16 heteroatoms. The van der Waals surface area contributed by atoms with Gasteiger partial charge in [-0.3, -0.25) is 38.6 Å². The lowest BCUT2D eigenvalue weighted by molar-refractivity contribution is -0.159. The van der Waals surface area contributed by atoms with Crippen molar-refractivity contribution in [3.63, 3.8) is 0 Å². The van der Waals surface area contributed by atoms with Gasteiger partial charge >= 0.3 is 12.1 Å². The van der Waals surface area contributed by atoms with Crippen LogP contribution < -0.4 is 16.0 Å². The first kappa shape index (κ1) is 52.6. The minimum absolute atomic E-state index is 0.0791. The van der Waals surface area contributed by atoms with E-state index in [1.54, 1.807) is 54.7 Å². The standard InChI is InChI=1S/C46H70N6O10/c1-28(2)32(26-29(3)38(56)48-31(41(59)61-44(7,8)9)27-33(53)47-24-25-52-34(54)22-23-35(52)55)50(15)40(58)36(43(4,5)6)49-39(57)37(51(16)42(60)62-45(10,11)12)46(13,14)30-20-18-17-19-21-30/h17-23,26,28,31-32,36-37H,24-25,27H2,1-16H3,(H,47,53)(H,48,56)(H,49,57)/b29-26+/t31-,32-,36-,37-/m1/s1. The molecule has 1 heterocycles. The summed E-state index contributed by atoms with van der Waals surface area (Å²) in [6.45, 7) is 24.3. The fourth-order valence-corrected chi connectivity index (χ4v) is 6.81. The van der Waals surface area contributed by atoms with E-state index in [0.717, 1.165) is 22.6 Å². The molecule has 16 nitrogen and oxygen atoms in total. The van der Waals surface area contributed by atoms with Crippen molar-refractivity contribution in [3.8, 4) is 0 Å². The molecular weight excluding hydrogens is 797 g/mol. The van der Waals surface area contributed by atoms with E-state index >= 15 is 0 Å². The molecule has 0 fully saturated rings. The van der Waals surface area contributed by atoms with Gasteiger partial charge in [0.1, 0.15) is 29.3 Å². The highest BCUT2D eigenvalue weighted by Gasteiger charge is 2.46. The maximum atomic E-state index is 14.6. The molecule has 0 saturated heterocycles. The molecule has 1 aromatic carbocycles. The zero-order valence-electron chi connectivity index (χ0n) is 39.6. The van der Waals surface area contributed by atoms with Gasteiger partial charge in [-0.05, 0) is 65.4 Å². The van der Waals surface area contributed by atoms with Gasteiger partial charge in [0.05, 0.1) is 12.5 Å². The average molecular weight is 867 g/mol. The van der Waals surface area contributed by atoms with Crippen molar-refractivity contribution >= 4 is 47.5 Å². The number of hydrogen-bond acceptors (Lipinski definition) is 10. The molecule has 0 bridgehead atoms. The van der Waals surface area contributed by atoms with Crippen LogP contribution in [0, 0.1) is 11.3 Å². The molecule has 1 aliphatic heterocycles. The molecule has 2 rings (SSSR count). The van der Waals surface area contributed by atoms with Crippen LogP contribution in [-0.2, 0) is 48.5 Å². The van der Waals surface area contributed by atoms with Crippen LogP contribution in [0.25, 0.3) is 0 Å². The van der Waals surface area contributed by atoms with E-state index in [1.807, 2.05) is 78.8 Å². The normalized spacial score (nSPS) is 15.6. The van der Waals surface area contributed by atoms with Gasteiger partial charge in [-0.2, -0.15) is 0 Å². The Labute approximate surface area is 367 Å². The van der Waals surface area contributed by atoms with Crippen molar-refractivity contribution in [1.82, 2.24) is 30.7 Å². The van der Waals surface area contributed by atoms with Crippen molar-refractivity contribution in [2.24, 2.45) is 11.3 Å². The summed E-state index contributed by atoms with van der Waals surface area (Å²) < 4.78 is 11.2. The van der Waals surface area contributed by atoms with E-state index in [-0.39, 0.29) is 24.6 Å². The van der Waals surface area contributed by atoms with Crippen LogP contribution in [0.4, 0.5) is 4.79 Å². The molecule has 3 N–H and O–H groups in total. The molecule has 0 aromatic heterocycles. The summed E-state index contributed by atoms with van der Waals surface area (Å²) in [5.41, 5.74) is -2.65. The molecular formula is C46H70N6O10. The smallest absolute Gasteiger partial charge is 0.410 e. The number of amides is 7. The summed E-state index contributed by atoms with van der Waals surface area (Å²) in [4.78, 5) is 110. The summed E-state index contributed by atoms with van der Waals surface area (Å²) in [6.07, 6.45) is 2.63. The van der Waals surface area contributed by atoms with Gasteiger partial charge in [-0.15, -0.1) is 0 Å². The molecule has 0 spiro atoms. The molecule has 7 amide bonds. The van der Waals surface area contributed by atoms with Gasteiger partial charge in [0.2, 0.25) is 23.6 Å². The molecule has 0 unspecified atom stereocenters. The van der Waals surface area contributed by atoms with E-state index in [0.29, 0.717) is 0 Å². The Hall–Kier alpha value is -5.54. The number of rotatable bonds is 17. The fraction of sp³-hybridized carbons (Fsp3) is 0.609. The van der Waals surface area contributed by atoms with E-state index in [2.05, 4.69) is 16.0 Å². The summed E-state index contributed by atoms with van der Waals surface area (Å²) in [5, 5.41) is 8.15. The molecule has 1 aliphatic rings. The Bertz CT molecular complexity index is 1870. The largest absolute Gasteiger partial charge is 0.458 e. The Balaban J connectivity index is 2.41. The van der Waals surface area contributed by atoms with E-state index in [9.17, 15) is 38.4 Å². The van der Waals surface area contributed by atoms with Crippen LogP contribution in [0.2, 0.25) is 0 Å². The predicted octanol–water partition coefficient (Wildman–Crippen LogP) is 4.42. The minimum atomic E-state index is -1.41. The summed E-state index contributed by atoms with van der Waals surface area (Å²) in [7, 11) is 3.07. The monoisotopic (exact) mass is 867 g/mol. The number of carbonyl (C=O) groups is 8. The lowest BCUT2D eigenvalue weighted by Crippen LogP contribution is -2.63. The fourth-order valence-electron chi connectivity index (χ4n) is 6.81. The van der Waals surface area contributed by atoms with Crippen molar-refractivity contribution in [2.75, 3.05) is 27.2 Å². The quantitative estimate of drug-likeness (QED) is 0.114. The summed E-state index contributed by atoms with van der Waals surface area (Å²) in [5.74, 6) is -4.48. The lowest BCUT2D eigenvalue weighted by Gasteiger charge is -2.42. The predicted molar refractivity (Wildman–Crippen MR) is 235 cm³/mol. The van der Waals surface area contributed by atoms with Crippen LogP contribution >= 0.6 is 0 Å². The highest BCUT2D eigenvalue weighted by Crippen LogP contribution is 2.32. The van der Waals surface area contributed by atoms with Crippen LogP contribution in [-0.4, -0.2) is 125 Å². The molecule has 344 valence electrons. The van der Waals surface area contributed by atoms with Crippen LogP contribution in [0.15, 0.2) is 54.1 Å². The molecule has 0 aliphatic carbocycles. The van der Waals surface area contributed by atoms with E-state index < -0.39 is 100 Å². The summed E-state index contributed by atoms with van der Waals surface area (Å²) in [6, 6.07) is 4.96. The Morgan fingerprint density at radius 2 is 1.31 bits per heavy atom. The van der Waals surface area contributed by atoms with Gasteiger partial charge in [-0.25, -0.2) is 9.59 Å². The second kappa shape index (κ2) is 21.0. The lowest BCUT2D eigenvalue weighted by atomic mass is 9.76. The van der Waals surface area contributed by atoms with Crippen molar-refractivity contribution in [2.45, 2.75) is 144 Å². The zero-order chi connectivity index (χ0) is 47.7. The van der Waals surface area contributed by atoms with E-state index in [4.69, 9.17) is 9.47 Å². The van der Waals surface area contributed by atoms with Crippen molar-refractivity contribution in [1.29, 1.82) is 0 Å². The number of hydrogen-bond donors (Lipinski definition) is 3. The maximum absolute atomic E-state index is 14.6. The number of likely N-dealkylation sites (N-methyl/N-ethyl adjacent to an activating group) is 2. The molecule has 0 radical (unpaired) electrons. The first-order valence-corrected chi connectivity index (χ1v) is 20.9. The Morgan fingerprint density at radius 1 is 0.774 bits per heavy atom. The van der Waals surface area contributed by atoms with Gasteiger partial charge in [0.15, 0.2) is 0 Å². The van der Waals surface area contributed by atoms with Gasteiger partial charge < -0.3 is 30.3 Å². The first-order valence-electron chi connectivity index (χ1n) is 20.9. The highest BCUT2D eigenvalue weighted by molar-refractivity contribution is 6.12. The minimum Gasteiger partial charge on any atom is -0.458 e. The highest BCUT2D eigenvalue weighted by atomic mass is 16.6. The van der Waals surface area contributed by atoms with E-state index in [1.165, 1.54) is 23.8 Å². The molecule has 1 aromatic rings. The van der Waals surface area contributed by atoms with Gasteiger partial charge in [-0.1, -0.05) is 84.9 Å². The average Bonchev–Trinajstić information content (AvgIpc) is 3.45. The topological polar surface area (TPSA) is 201 Å². The van der Waals surface area contributed by atoms with Crippen LogP contribution in [0.1, 0.15) is 109 Å². The number of esters is 1. The van der Waals surface area contributed by atoms with Crippen LogP contribution in [0.3, 0.4) is 0 Å². The third-order valence-electron chi connectivity index (χ3n) is 10.1. The Kier molecular flexibility index (Phi) is 17.8. The number of ether oxygens (including phenoxy) is 2. The van der Waals surface area contributed by atoms with Gasteiger partial charge in [0.25, 0.3) is 11.8 Å². The second-order valence-corrected chi connectivity index (χ2v) is 19.7.